The molecule has 11 heavy (non-hydrogen) atoms. The first kappa shape index (κ1) is 8.08. The van der Waals surface area contributed by atoms with E-state index in [0.717, 1.165) is 24.4 Å². The Hall–Kier alpha value is -1.02. The zero-order valence-electron chi connectivity index (χ0n) is 6.76. The lowest BCUT2D eigenvalue weighted by molar-refractivity contribution is 0.489. The molecule has 60 valence electrons. The van der Waals surface area contributed by atoms with Gasteiger partial charge in [0.15, 0.2) is 0 Å². The number of furan rings is 1. The van der Waals surface area contributed by atoms with Crippen molar-refractivity contribution in [2.75, 3.05) is 6.54 Å². The fraction of sp³-hybridized carbons (Fsp3) is 0.333. The van der Waals surface area contributed by atoms with E-state index in [1.165, 1.54) is 0 Å². The molecule has 1 heterocycles. The number of hydrogen-bond acceptors (Lipinski definition) is 2. The third kappa shape index (κ3) is 3.05. The molecule has 1 aromatic heterocycles. The predicted molar refractivity (Wildman–Crippen MR) is 45.2 cm³/mol. The minimum absolute atomic E-state index is 0.778. The second-order valence-electron chi connectivity index (χ2n) is 2.64. The molecule has 0 aliphatic carbocycles. The largest absolute Gasteiger partial charge is 0.468 e. The minimum Gasteiger partial charge on any atom is -0.468 e. The van der Waals surface area contributed by atoms with Gasteiger partial charge in [-0.15, -0.1) is 0 Å². The molecule has 1 aromatic rings. The molecular formula is C9H13NO. The van der Waals surface area contributed by atoms with Gasteiger partial charge in [0.05, 0.1) is 12.8 Å². The molecule has 0 aliphatic rings. The summed E-state index contributed by atoms with van der Waals surface area (Å²) in [5.74, 6) is 0.964. The van der Waals surface area contributed by atoms with Crippen molar-refractivity contribution in [1.29, 1.82) is 0 Å². The van der Waals surface area contributed by atoms with Crippen LogP contribution >= 0.6 is 0 Å². The molecule has 0 amide bonds. The summed E-state index contributed by atoms with van der Waals surface area (Å²) in [4.78, 5) is 0. The summed E-state index contributed by atoms with van der Waals surface area (Å²) in [6.07, 6.45) is 1.68. The van der Waals surface area contributed by atoms with Crippen LogP contribution in [0.2, 0.25) is 0 Å². The van der Waals surface area contributed by atoms with Crippen molar-refractivity contribution in [1.82, 2.24) is 5.32 Å². The highest BCUT2D eigenvalue weighted by Crippen LogP contribution is 1.98. The van der Waals surface area contributed by atoms with E-state index in [-0.39, 0.29) is 0 Å². The van der Waals surface area contributed by atoms with Crippen LogP contribution in [0.5, 0.6) is 0 Å². The molecule has 1 rings (SSSR count). The molecule has 0 saturated carbocycles. The molecule has 2 heteroatoms. The van der Waals surface area contributed by atoms with Crippen LogP contribution in [0.25, 0.3) is 0 Å². The van der Waals surface area contributed by atoms with Gasteiger partial charge in [-0.3, -0.25) is 0 Å². The summed E-state index contributed by atoms with van der Waals surface area (Å²) < 4.78 is 5.12. The van der Waals surface area contributed by atoms with E-state index in [2.05, 4.69) is 11.9 Å². The average molecular weight is 151 g/mol. The van der Waals surface area contributed by atoms with Crippen molar-refractivity contribution in [2.45, 2.75) is 13.5 Å². The molecule has 0 radical (unpaired) electrons. The van der Waals surface area contributed by atoms with Crippen LogP contribution in [-0.4, -0.2) is 6.54 Å². The van der Waals surface area contributed by atoms with Crippen LogP contribution < -0.4 is 5.32 Å². The average Bonchev–Trinajstić information content (AvgIpc) is 2.39. The monoisotopic (exact) mass is 151 g/mol. The lowest BCUT2D eigenvalue weighted by atomic mass is 10.3. The van der Waals surface area contributed by atoms with Crippen LogP contribution in [0.1, 0.15) is 12.7 Å². The highest BCUT2D eigenvalue weighted by atomic mass is 16.3. The third-order valence-electron chi connectivity index (χ3n) is 1.31. The van der Waals surface area contributed by atoms with Gasteiger partial charge in [0, 0.05) is 6.54 Å². The summed E-state index contributed by atoms with van der Waals surface area (Å²) in [7, 11) is 0. The van der Waals surface area contributed by atoms with Crippen LogP contribution in [0, 0.1) is 0 Å². The van der Waals surface area contributed by atoms with Gasteiger partial charge in [-0.2, -0.15) is 0 Å². The van der Waals surface area contributed by atoms with Crippen molar-refractivity contribution in [2.24, 2.45) is 0 Å². The van der Waals surface area contributed by atoms with Gasteiger partial charge in [0.2, 0.25) is 0 Å². The first-order valence-corrected chi connectivity index (χ1v) is 3.66. The van der Waals surface area contributed by atoms with Crippen molar-refractivity contribution >= 4 is 0 Å². The van der Waals surface area contributed by atoms with Gasteiger partial charge < -0.3 is 9.73 Å². The van der Waals surface area contributed by atoms with Crippen LogP contribution in [0.15, 0.2) is 35.0 Å². The highest BCUT2D eigenvalue weighted by molar-refractivity contribution is 4.98. The lowest BCUT2D eigenvalue weighted by Gasteiger charge is -1.99. The Morgan fingerprint density at radius 1 is 1.73 bits per heavy atom. The van der Waals surface area contributed by atoms with E-state index in [4.69, 9.17) is 4.42 Å². The van der Waals surface area contributed by atoms with Crippen molar-refractivity contribution < 1.29 is 4.42 Å². The van der Waals surface area contributed by atoms with E-state index in [1.54, 1.807) is 6.26 Å². The molecule has 0 aliphatic heterocycles. The molecule has 0 spiro atoms. The molecule has 0 saturated heterocycles. The molecular weight excluding hydrogens is 138 g/mol. The van der Waals surface area contributed by atoms with Crippen molar-refractivity contribution in [3.05, 3.63) is 36.3 Å². The molecule has 2 nitrogen and oxygen atoms in total. The summed E-state index contributed by atoms with van der Waals surface area (Å²) in [5, 5.41) is 3.19. The second kappa shape index (κ2) is 3.98. The smallest absolute Gasteiger partial charge is 0.117 e. The molecule has 1 N–H and O–H groups in total. The minimum atomic E-state index is 0.778. The lowest BCUT2D eigenvalue weighted by Crippen LogP contribution is -2.14. The first-order chi connectivity index (χ1) is 5.29. The summed E-state index contributed by atoms with van der Waals surface area (Å²) in [5.41, 5.74) is 1.14. The van der Waals surface area contributed by atoms with Gasteiger partial charge in [-0.05, 0) is 19.1 Å². The van der Waals surface area contributed by atoms with Crippen LogP contribution in [0.4, 0.5) is 0 Å². The molecule has 0 atom stereocenters. The van der Waals surface area contributed by atoms with E-state index in [1.807, 2.05) is 19.1 Å². The Balaban J connectivity index is 2.19. The van der Waals surface area contributed by atoms with E-state index in [0.29, 0.717) is 0 Å². The zero-order valence-corrected chi connectivity index (χ0v) is 6.76. The number of nitrogens with one attached hydrogen (secondary N) is 1. The molecule has 0 aromatic carbocycles. The van der Waals surface area contributed by atoms with Crippen molar-refractivity contribution in [3.8, 4) is 0 Å². The van der Waals surface area contributed by atoms with Crippen LogP contribution in [0.3, 0.4) is 0 Å². The van der Waals surface area contributed by atoms with Crippen molar-refractivity contribution in [3.63, 3.8) is 0 Å². The topological polar surface area (TPSA) is 25.2 Å². The van der Waals surface area contributed by atoms with E-state index >= 15 is 0 Å². The number of hydrogen-bond donors (Lipinski definition) is 1. The maximum absolute atomic E-state index is 5.12. The van der Waals surface area contributed by atoms with Gasteiger partial charge in [-0.25, -0.2) is 0 Å². The Kier molecular flexibility index (Phi) is 2.93. The van der Waals surface area contributed by atoms with Gasteiger partial charge in [-0.1, -0.05) is 12.2 Å². The molecule has 0 unspecified atom stereocenters. The zero-order chi connectivity index (χ0) is 8.10. The SMILES string of the molecule is C=C(C)CNCc1ccco1. The predicted octanol–water partition coefficient (Wildman–Crippen LogP) is 1.95. The normalized spacial score (nSPS) is 9.91. The maximum Gasteiger partial charge on any atom is 0.117 e. The Morgan fingerprint density at radius 3 is 3.09 bits per heavy atom. The standard InChI is InChI=1S/C9H13NO/c1-8(2)6-10-7-9-4-3-5-11-9/h3-5,10H,1,6-7H2,2H3. The Morgan fingerprint density at radius 2 is 2.55 bits per heavy atom. The second-order valence-corrected chi connectivity index (χ2v) is 2.64. The summed E-state index contributed by atoms with van der Waals surface area (Å²) in [6, 6.07) is 3.84. The van der Waals surface area contributed by atoms with Gasteiger partial charge >= 0.3 is 0 Å². The quantitative estimate of drug-likeness (QED) is 0.665. The Labute approximate surface area is 66.9 Å². The summed E-state index contributed by atoms with van der Waals surface area (Å²) >= 11 is 0. The first-order valence-electron chi connectivity index (χ1n) is 3.66. The fourth-order valence-corrected chi connectivity index (χ4v) is 0.812. The molecule has 0 fully saturated rings. The van der Waals surface area contributed by atoms with Gasteiger partial charge in [0.25, 0.3) is 0 Å². The van der Waals surface area contributed by atoms with Gasteiger partial charge in [0.1, 0.15) is 5.76 Å². The fourth-order valence-electron chi connectivity index (χ4n) is 0.812. The van der Waals surface area contributed by atoms with E-state index < -0.39 is 0 Å². The summed E-state index contributed by atoms with van der Waals surface area (Å²) in [6.45, 7) is 7.40. The third-order valence-corrected chi connectivity index (χ3v) is 1.31. The highest BCUT2D eigenvalue weighted by Gasteiger charge is 1.92. The Bertz CT molecular complexity index is 213. The molecule has 0 bridgehead atoms. The number of rotatable bonds is 4. The van der Waals surface area contributed by atoms with E-state index in [9.17, 15) is 0 Å². The van der Waals surface area contributed by atoms with Crippen LogP contribution in [-0.2, 0) is 6.54 Å². The maximum atomic E-state index is 5.12.